The van der Waals surface area contributed by atoms with E-state index in [-0.39, 0.29) is 17.6 Å². The van der Waals surface area contributed by atoms with Crippen molar-refractivity contribution in [3.05, 3.63) is 77.5 Å². The second-order valence-corrected chi connectivity index (χ2v) is 11.0. The Bertz CT molecular complexity index is 1480. The number of hydrogen-bond donors (Lipinski definition) is 1. The van der Waals surface area contributed by atoms with Crippen LogP contribution < -0.4 is 15.0 Å². The summed E-state index contributed by atoms with van der Waals surface area (Å²) in [5.74, 6) is 0.537. The summed E-state index contributed by atoms with van der Waals surface area (Å²) in [6.45, 7) is 3.23. The second-order valence-electron chi connectivity index (χ2n) is 11.0. The number of pyridine rings is 1. The topological polar surface area (TPSA) is 90.7 Å². The number of piperidine rings is 1. The number of benzene rings is 2. The number of nitriles is 1. The van der Waals surface area contributed by atoms with Crippen molar-refractivity contribution < 1.29 is 27.4 Å². The number of ether oxygens (including phenoxy) is 2. The Kier molecular flexibility index (Phi) is 8.89. The van der Waals surface area contributed by atoms with Gasteiger partial charge in [0.2, 0.25) is 5.91 Å². The van der Waals surface area contributed by atoms with Crippen molar-refractivity contribution in [3.63, 3.8) is 0 Å². The van der Waals surface area contributed by atoms with E-state index in [1.54, 1.807) is 13.3 Å². The lowest BCUT2D eigenvalue weighted by molar-refractivity contribution is -0.137. The van der Waals surface area contributed by atoms with Gasteiger partial charge in [-0.15, -0.1) is 0 Å². The Hall–Kier alpha value is -4.14. The van der Waals surface area contributed by atoms with Gasteiger partial charge in [0.1, 0.15) is 11.8 Å². The molecule has 226 valence electrons. The average Bonchev–Trinajstić information content (AvgIpc) is 3.03. The second kappa shape index (κ2) is 12.6. The van der Waals surface area contributed by atoms with Gasteiger partial charge in [-0.25, -0.2) is 0 Å². The van der Waals surface area contributed by atoms with Gasteiger partial charge < -0.3 is 24.6 Å². The number of carbonyl (C=O) groups excluding carboxylic acids is 1. The molecule has 2 fully saturated rings. The van der Waals surface area contributed by atoms with Crippen LogP contribution in [-0.4, -0.2) is 75.4 Å². The maximum atomic E-state index is 14.0. The fourth-order valence-electron chi connectivity index (χ4n) is 5.91. The molecule has 1 N–H and O–H groups in total. The maximum Gasteiger partial charge on any atom is 0.416 e. The van der Waals surface area contributed by atoms with Gasteiger partial charge in [-0.3, -0.25) is 9.78 Å². The first kappa shape index (κ1) is 30.3. The van der Waals surface area contributed by atoms with E-state index in [9.17, 15) is 23.2 Å². The van der Waals surface area contributed by atoms with Crippen LogP contribution in [0.25, 0.3) is 11.3 Å². The molecule has 2 saturated heterocycles. The lowest BCUT2D eigenvalue weighted by Crippen LogP contribution is -2.54. The minimum atomic E-state index is -4.54. The number of nitrogens with zero attached hydrogens (tertiary/aromatic N) is 4. The molecule has 3 heterocycles. The molecule has 11 heteroatoms. The summed E-state index contributed by atoms with van der Waals surface area (Å²) < 4.78 is 51.2. The molecule has 2 aliphatic rings. The number of amides is 1. The Morgan fingerprint density at radius 3 is 2.58 bits per heavy atom. The molecule has 2 aromatic carbocycles. The van der Waals surface area contributed by atoms with Crippen LogP contribution in [0.4, 0.5) is 18.9 Å². The molecule has 43 heavy (non-hydrogen) atoms. The molecule has 0 aliphatic carbocycles. The molecule has 1 amide bonds. The van der Waals surface area contributed by atoms with Gasteiger partial charge in [0.25, 0.3) is 0 Å². The number of rotatable bonds is 7. The molecular weight excluding hydrogens is 559 g/mol. The summed E-state index contributed by atoms with van der Waals surface area (Å²) in [5.41, 5.74) is 0.863. The Balaban J connectivity index is 1.41. The van der Waals surface area contributed by atoms with Crippen molar-refractivity contribution in [1.82, 2.24) is 15.2 Å². The van der Waals surface area contributed by atoms with Crippen molar-refractivity contribution >= 4 is 11.6 Å². The highest BCUT2D eigenvalue weighted by Crippen LogP contribution is 2.40. The van der Waals surface area contributed by atoms with Crippen LogP contribution >= 0.6 is 0 Å². The third-order valence-corrected chi connectivity index (χ3v) is 8.37. The predicted molar refractivity (Wildman–Crippen MR) is 156 cm³/mol. The fraction of sp³-hybridized carbons (Fsp3) is 0.406. The minimum absolute atomic E-state index is 0.0480. The number of likely N-dealkylation sites (N-methyl/N-ethyl adjacent to an activating group) is 1. The van der Waals surface area contributed by atoms with Crippen molar-refractivity contribution in [2.75, 3.05) is 58.4 Å². The van der Waals surface area contributed by atoms with Crippen molar-refractivity contribution in [2.24, 2.45) is 0 Å². The summed E-state index contributed by atoms with van der Waals surface area (Å²) in [5, 5.41) is 12.8. The third kappa shape index (κ3) is 6.45. The van der Waals surface area contributed by atoms with Gasteiger partial charge in [-0.05, 0) is 61.9 Å². The molecule has 2 aliphatic heterocycles. The number of anilines is 1. The number of aromatic nitrogens is 1. The van der Waals surface area contributed by atoms with Crippen LogP contribution in [0.2, 0.25) is 0 Å². The minimum Gasteiger partial charge on any atom is -0.496 e. The number of morpholine rings is 1. The normalized spacial score (nSPS) is 19.0. The molecule has 0 bridgehead atoms. The molecule has 0 spiro atoms. The first-order valence-electron chi connectivity index (χ1n) is 14.2. The molecule has 8 nitrogen and oxygen atoms in total. The first-order chi connectivity index (χ1) is 20.6. The van der Waals surface area contributed by atoms with Crippen LogP contribution in [-0.2, 0) is 21.1 Å². The van der Waals surface area contributed by atoms with Gasteiger partial charge in [0.05, 0.1) is 47.7 Å². The standard InChI is InChI=1S/C32H34F3N5O3/c1-39-15-16-43-25(21-39)20-38-30(41)31(24-7-9-27(37-19-24)26-5-3-4-6-29(26)42-2)11-13-40(14-12-31)28-10-8-23(32(33,34)35)17-22(28)18-36/h3-10,17,19,25H,11-16,20-21H2,1-2H3,(H,38,41)/t25-/m0/s1. The highest BCUT2D eigenvalue weighted by atomic mass is 19.4. The zero-order valence-electron chi connectivity index (χ0n) is 24.2. The van der Waals surface area contributed by atoms with Crippen LogP contribution in [0.15, 0.2) is 60.8 Å². The number of hydrogen-bond acceptors (Lipinski definition) is 7. The molecule has 0 radical (unpaired) electrons. The van der Waals surface area contributed by atoms with Crippen LogP contribution in [0.5, 0.6) is 5.75 Å². The number of halogens is 3. The van der Waals surface area contributed by atoms with Crippen molar-refractivity contribution in [2.45, 2.75) is 30.5 Å². The molecule has 1 atom stereocenters. The Morgan fingerprint density at radius 2 is 1.93 bits per heavy atom. The SMILES string of the molecule is COc1ccccc1-c1ccc(C2(C(=O)NC[C@H]3CN(C)CCO3)CCN(c3ccc(C(F)(F)F)cc3C#N)CC2)cn1. The summed E-state index contributed by atoms with van der Waals surface area (Å²) in [6, 6.07) is 16.5. The molecular formula is C32H34F3N5O3. The molecule has 5 rings (SSSR count). The number of carbonyl (C=O) groups is 1. The number of alkyl halides is 3. The Labute approximate surface area is 249 Å². The lowest BCUT2D eigenvalue weighted by Gasteiger charge is -2.42. The van der Waals surface area contributed by atoms with Gasteiger partial charge in [-0.1, -0.05) is 18.2 Å². The van der Waals surface area contributed by atoms with E-state index in [0.717, 1.165) is 29.8 Å². The van der Waals surface area contributed by atoms with Crippen LogP contribution in [0.1, 0.15) is 29.5 Å². The lowest BCUT2D eigenvalue weighted by atomic mass is 9.72. The van der Waals surface area contributed by atoms with Gasteiger partial charge in [0.15, 0.2) is 0 Å². The highest BCUT2D eigenvalue weighted by molar-refractivity contribution is 5.89. The molecule has 1 aromatic heterocycles. The largest absolute Gasteiger partial charge is 0.496 e. The van der Waals surface area contributed by atoms with Crippen LogP contribution in [0.3, 0.4) is 0 Å². The summed E-state index contributed by atoms with van der Waals surface area (Å²) in [7, 11) is 3.61. The van der Waals surface area contributed by atoms with Gasteiger partial charge in [-0.2, -0.15) is 18.4 Å². The third-order valence-electron chi connectivity index (χ3n) is 8.37. The predicted octanol–water partition coefficient (Wildman–Crippen LogP) is 4.63. The van der Waals surface area contributed by atoms with E-state index in [1.165, 1.54) is 6.07 Å². The quantitative estimate of drug-likeness (QED) is 0.427. The van der Waals surface area contributed by atoms with E-state index in [1.807, 2.05) is 54.4 Å². The first-order valence-corrected chi connectivity index (χ1v) is 14.2. The number of methoxy groups -OCH3 is 1. The summed E-state index contributed by atoms with van der Waals surface area (Å²) >= 11 is 0. The highest BCUT2D eigenvalue weighted by Gasteiger charge is 2.44. The molecule has 0 unspecified atom stereocenters. The fourth-order valence-corrected chi connectivity index (χ4v) is 5.91. The average molecular weight is 594 g/mol. The van der Waals surface area contributed by atoms with E-state index >= 15 is 0 Å². The molecule has 0 saturated carbocycles. The maximum absolute atomic E-state index is 14.0. The molecule has 3 aromatic rings. The number of nitrogens with one attached hydrogen (secondary N) is 1. The number of para-hydroxylation sites is 1. The van der Waals surface area contributed by atoms with Gasteiger partial charge in [0, 0.05) is 44.5 Å². The van der Waals surface area contributed by atoms with E-state index in [4.69, 9.17) is 14.5 Å². The summed E-state index contributed by atoms with van der Waals surface area (Å²) in [6.07, 6.45) is -2.19. The monoisotopic (exact) mass is 593 g/mol. The summed E-state index contributed by atoms with van der Waals surface area (Å²) in [4.78, 5) is 22.7. The van der Waals surface area contributed by atoms with Crippen LogP contribution in [0, 0.1) is 11.3 Å². The van der Waals surface area contributed by atoms with E-state index < -0.39 is 17.2 Å². The van der Waals surface area contributed by atoms with Crippen molar-refractivity contribution in [3.8, 4) is 23.1 Å². The smallest absolute Gasteiger partial charge is 0.416 e. The van der Waals surface area contributed by atoms with Gasteiger partial charge >= 0.3 is 6.18 Å². The van der Waals surface area contributed by atoms with E-state index in [2.05, 4.69) is 10.2 Å². The Morgan fingerprint density at radius 1 is 1.16 bits per heavy atom. The zero-order chi connectivity index (χ0) is 30.6. The van der Waals surface area contributed by atoms with E-state index in [0.29, 0.717) is 62.8 Å². The van der Waals surface area contributed by atoms with Crippen molar-refractivity contribution in [1.29, 1.82) is 5.26 Å². The zero-order valence-corrected chi connectivity index (χ0v) is 24.2.